The van der Waals surface area contributed by atoms with Crippen molar-refractivity contribution in [3.8, 4) is 0 Å². The van der Waals surface area contributed by atoms with Gasteiger partial charge in [-0.25, -0.2) is 0 Å². The molecular formula is C27H27N5O4. The molecule has 0 radical (unpaired) electrons. The van der Waals surface area contributed by atoms with Crippen molar-refractivity contribution in [2.24, 2.45) is 0 Å². The third kappa shape index (κ3) is 5.05. The number of hydrogen-bond acceptors (Lipinski definition) is 5. The maximum absolute atomic E-state index is 12.9. The Morgan fingerprint density at radius 2 is 1.72 bits per heavy atom. The number of aromatic nitrogens is 2. The van der Waals surface area contributed by atoms with Crippen molar-refractivity contribution in [2.45, 2.75) is 44.7 Å². The van der Waals surface area contributed by atoms with Crippen LogP contribution in [0.1, 0.15) is 62.3 Å². The molecule has 2 heterocycles. The van der Waals surface area contributed by atoms with E-state index in [4.69, 9.17) is 0 Å². The molecule has 1 aliphatic carbocycles. The lowest BCUT2D eigenvalue weighted by Gasteiger charge is -2.13. The number of anilines is 1. The standard InChI is InChI=1S/C27H27N5O4/c33-24(29-20-8-4-5-9-20)17-31-16-21(15-28-31)30-25(34)19-10-11-22-23(14-19)27(36)32(26(22)35)13-12-18-6-2-1-3-7-18/h1-3,6-7,10-11,14-16,20H,4-5,8-9,12-13,17H2,(H,29,33)(H,30,34). The first kappa shape index (κ1) is 23.5. The summed E-state index contributed by atoms with van der Waals surface area (Å²) in [6.45, 7) is 0.339. The fourth-order valence-electron chi connectivity index (χ4n) is 4.73. The molecule has 4 amide bonds. The van der Waals surface area contributed by atoms with E-state index >= 15 is 0 Å². The van der Waals surface area contributed by atoms with Crippen molar-refractivity contribution in [3.05, 3.63) is 83.2 Å². The number of nitrogens with zero attached hydrogens (tertiary/aromatic N) is 3. The SMILES string of the molecule is O=C(Cn1cc(NC(=O)c2ccc3c(c2)C(=O)N(CCc2ccccc2)C3=O)cn1)NC1CCCC1. The van der Waals surface area contributed by atoms with Crippen LogP contribution in [0.4, 0.5) is 5.69 Å². The molecule has 0 spiro atoms. The Balaban J connectivity index is 1.20. The number of rotatable bonds is 8. The Bertz CT molecular complexity index is 1310. The quantitative estimate of drug-likeness (QED) is 0.476. The lowest BCUT2D eigenvalue weighted by atomic mass is 10.1. The van der Waals surface area contributed by atoms with E-state index in [0.717, 1.165) is 31.2 Å². The predicted octanol–water partition coefficient (Wildman–Crippen LogP) is 3.03. The summed E-state index contributed by atoms with van der Waals surface area (Å²) in [5.41, 5.74) is 2.24. The largest absolute Gasteiger partial charge is 0.352 e. The maximum Gasteiger partial charge on any atom is 0.261 e. The first-order valence-corrected chi connectivity index (χ1v) is 12.2. The van der Waals surface area contributed by atoms with Crippen molar-refractivity contribution in [1.82, 2.24) is 20.0 Å². The van der Waals surface area contributed by atoms with Gasteiger partial charge in [0.05, 0.1) is 23.0 Å². The molecule has 0 atom stereocenters. The molecule has 0 bridgehead atoms. The third-order valence-electron chi connectivity index (χ3n) is 6.62. The molecule has 2 N–H and O–H groups in total. The van der Waals surface area contributed by atoms with Crippen LogP contribution in [0.5, 0.6) is 0 Å². The average molecular weight is 486 g/mol. The molecule has 1 aromatic heterocycles. The van der Waals surface area contributed by atoms with Crippen molar-refractivity contribution in [3.63, 3.8) is 0 Å². The molecule has 0 saturated heterocycles. The Labute approximate surface area is 208 Å². The highest BCUT2D eigenvalue weighted by Crippen LogP contribution is 2.25. The summed E-state index contributed by atoms with van der Waals surface area (Å²) < 4.78 is 1.47. The van der Waals surface area contributed by atoms with Crippen LogP contribution >= 0.6 is 0 Å². The maximum atomic E-state index is 12.9. The Kier molecular flexibility index (Phi) is 6.62. The van der Waals surface area contributed by atoms with Gasteiger partial charge in [-0.15, -0.1) is 0 Å². The number of hydrogen-bond donors (Lipinski definition) is 2. The Hall–Kier alpha value is -4.27. The van der Waals surface area contributed by atoms with E-state index in [2.05, 4.69) is 15.7 Å². The van der Waals surface area contributed by atoms with E-state index in [1.165, 1.54) is 34.0 Å². The number of benzene rings is 2. The summed E-state index contributed by atoms with van der Waals surface area (Å²) >= 11 is 0. The van der Waals surface area contributed by atoms with Gasteiger partial charge in [0.15, 0.2) is 0 Å². The fraction of sp³-hybridized carbons (Fsp3) is 0.296. The molecular weight excluding hydrogens is 458 g/mol. The molecule has 1 aliphatic heterocycles. The van der Waals surface area contributed by atoms with Gasteiger partial charge in [0.25, 0.3) is 17.7 Å². The number of amides is 4. The highest BCUT2D eigenvalue weighted by atomic mass is 16.2. The molecule has 184 valence electrons. The van der Waals surface area contributed by atoms with Gasteiger partial charge in [0.1, 0.15) is 6.54 Å². The number of carbonyl (C=O) groups is 4. The minimum Gasteiger partial charge on any atom is -0.352 e. The van der Waals surface area contributed by atoms with Crippen molar-refractivity contribution in [1.29, 1.82) is 0 Å². The van der Waals surface area contributed by atoms with Crippen LogP contribution in [0.2, 0.25) is 0 Å². The van der Waals surface area contributed by atoms with E-state index in [9.17, 15) is 19.2 Å². The van der Waals surface area contributed by atoms with Crippen LogP contribution in [-0.2, 0) is 17.8 Å². The van der Waals surface area contributed by atoms with Crippen molar-refractivity contribution >= 4 is 29.3 Å². The van der Waals surface area contributed by atoms with Crippen molar-refractivity contribution < 1.29 is 19.2 Å². The van der Waals surface area contributed by atoms with Crippen LogP contribution in [-0.4, -0.2) is 50.9 Å². The van der Waals surface area contributed by atoms with E-state index < -0.39 is 11.8 Å². The Morgan fingerprint density at radius 3 is 2.50 bits per heavy atom. The van der Waals surface area contributed by atoms with Gasteiger partial charge >= 0.3 is 0 Å². The smallest absolute Gasteiger partial charge is 0.261 e. The second-order valence-electron chi connectivity index (χ2n) is 9.19. The van der Waals surface area contributed by atoms with E-state index in [1.807, 2.05) is 30.3 Å². The zero-order chi connectivity index (χ0) is 25.1. The zero-order valence-electron chi connectivity index (χ0n) is 19.8. The summed E-state index contributed by atoms with van der Waals surface area (Å²) in [6, 6.07) is 14.4. The fourth-order valence-corrected chi connectivity index (χ4v) is 4.73. The number of nitrogens with one attached hydrogen (secondary N) is 2. The summed E-state index contributed by atoms with van der Waals surface area (Å²) in [5.74, 6) is -1.30. The highest BCUT2D eigenvalue weighted by Gasteiger charge is 2.35. The molecule has 3 aromatic rings. The zero-order valence-corrected chi connectivity index (χ0v) is 19.8. The van der Waals surface area contributed by atoms with Crippen molar-refractivity contribution in [2.75, 3.05) is 11.9 Å². The predicted molar refractivity (Wildman–Crippen MR) is 133 cm³/mol. The van der Waals surface area contributed by atoms with Crippen LogP contribution < -0.4 is 10.6 Å². The normalized spacial score (nSPS) is 15.3. The summed E-state index contributed by atoms with van der Waals surface area (Å²) in [5, 5.41) is 9.89. The van der Waals surface area contributed by atoms with Crippen LogP contribution in [0.15, 0.2) is 60.9 Å². The molecule has 2 aromatic carbocycles. The van der Waals surface area contributed by atoms with Gasteiger partial charge < -0.3 is 10.6 Å². The summed E-state index contributed by atoms with van der Waals surface area (Å²) in [4.78, 5) is 51.9. The Morgan fingerprint density at radius 1 is 0.972 bits per heavy atom. The monoisotopic (exact) mass is 485 g/mol. The molecule has 9 heteroatoms. The second kappa shape index (κ2) is 10.2. The van der Waals surface area contributed by atoms with Gasteiger partial charge in [-0.2, -0.15) is 5.10 Å². The minimum absolute atomic E-state index is 0.0701. The third-order valence-corrected chi connectivity index (χ3v) is 6.62. The van der Waals surface area contributed by atoms with E-state index in [-0.39, 0.29) is 42.1 Å². The van der Waals surface area contributed by atoms with Gasteiger partial charge in [-0.3, -0.25) is 28.8 Å². The number of carbonyl (C=O) groups excluding carboxylic acids is 4. The molecule has 2 aliphatic rings. The molecule has 36 heavy (non-hydrogen) atoms. The number of fused-ring (bicyclic) bond motifs is 1. The minimum atomic E-state index is -0.434. The number of imide groups is 1. The van der Waals surface area contributed by atoms with Crippen LogP contribution in [0.25, 0.3) is 0 Å². The highest BCUT2D eigenvalue weighted by molar-refractivity contribution is 6.22. The second-order valence-corrected chi connectivity index (χ2v) is 9.19. The van der Waals surface area contributed by atoms with Gasteiger partial charge in [0.2, 0.25) is 5.91 Å². The van der Waals surface area contributed by atoms with Crippen LogP contribution in [0.3, 0.4) is 0 Å². The van der Waals surface area contributed by atoms with Gasteiger partial charge in [0, 0.05) is 24.3 Å². The molecule has 0 unspecified atom stereocenters. The molecule has 5 rings (SSSR count). The topological polar surface area (TPSA) is 113 Å². The molecule has 1 saturated carbocycles. The lowest BCUT2D eigenvalue weighted by molar-refractivity contribution is -0.122. The first-order chi connectivity index (χ1) is 17.5. The summed E-state index contributed by atoms with van der Waals surface area (Å²) in [6.07, 6.45) is 7.89. The van der Waals surface area contributed by atoms with E-state index in [1.54, 1.807) is 6.20 Å². The van der Waals surface area contributed by atoms with E-state index in [0.29, 0.717) is 17.7 Å². The lowest BCUT2D eigenvalue weighted by Crippen LogP contribution is -2.35. The molecule has 9 nitrogen and oxygen atoms in total. The van der Waals surface area contributed by atoms with Gasteiger partial charge in [-0.1, -0.05) is 43.2 Å². The first-order valence-electron chi connectivity index (χ1n) is 12.2. The molecule has 1 fully saturated rings. The van der Waals surface area contributed by atoms with Gasteiger partial charge in [-0.05, 0) is 43.0 Å². The van der Waals surface area contributed by atoms with Crippen LogP contribution in [0, 0.1) is 0 Å². The summed E-state index contributed by atoms with van der Waals surface area (Å²) in [7, 11) is 0. The average Bonchev–Trinajstić information content (AvgIpc) is 3.60.